The first-order valence-corrected chi connectivity index (χ1v) is 8.90. The first-order chi connectivity index (χ1) is 12.7. The maximum Gasteiger partial charge on any atom is 0.227 e. The van der Waals surface area contributed by atoms with Gasteiger partial charge in [0.05, 0.1) is 10.2 Å². The fourth-order valence-corrected chi connectivity index (χ4v) is 3.48. The summed E-state index contributed by atoms with van der Waals surface area (Å²) >= 11 is 1.46. The standard InChI is InChI=1S/C18H15N5O2S/c1-11-3-2-4-13-16(11)22-18(26-13)20-14(24)5-6-15-21-17(23-25-15)12-7-9-19-10-8-12/h2-4,7-10H,5-6H2,1H3,(H,20,22,24). The largest absolute Gasteiger partial charge is 0.339 e. The smallest absolute Gasteiger partial charge is 0.227 e. The third kappa shape index (κ3) is 3.45. The molecule has 1 aromatic carbocycles. The molecule has 4 aromatic rings. The number of para-hydroxylation sites is 1. The molecule has 0 saturated heterocycles. The van der Waals surface area contributed by atoms with Crippen molar-refractivity contribution in [2.45, 2.75) is 19.8 Å². The quantitative estimate of drug-likeness (QED) is 0.580. The maximum atomic E-state index is 12.2. The van der Waals surface area contributed by atoms with Crippen molar-refractivity contribution >= 4 is 32.6 Å². The zero-order chi connectivity index (χ0) is 17.9. The highest BCUT2D eigenvalue weighted by atomic mass is 32.1. The summed E-state index contributed by atoms with van der Waals surface area (Å²) in [5.41, 5.74) is 2.84. The van der Waals surface area contributed by atoms with E-state index < -0.39 is 0 Å². The Morgan fingerprint density at radius 2 is 2.04 bits per heavy atom. The van der Waals surface area contributed by atoms with E-state index in [4.69, 9.17) is 4.52 Å². The molecule has 3 aromatic heterocycles. The molecule has 0 fully saturated rings. The van der Waals surface area contributed by atoms with Crippen molar-refractivity contribution in [3.05, 3.63) is 54.2 Å². The molecular weight excluding hydrogens is 350 g/mol. The van der Waals surface area contributed by atoms with Crippen molar-refractivity contribution in [1.82, 2.24) is 20.1 Å². The molecule has 0 atom stereocenters. The number of nitrogens with zero attached hydrogens (tertiary/aromatic N) is 4. The molecule has 3 heterocycles. The molecular formula is C18H15N5O2S. The summed E-state index contributed by atoms with van der Waals surface area (Å²) < 4.78 is 6.26. The van der Waals surface area contributed by atoms with Crippen LogP contribution in [0.15, 0.2) is 47.2 Å². The Morgan fingerprint density at radius 3 is 2.85 bits per heavy atom. The molecule has 0 radical (unpaired) electrons. The lowest BCUT2D eigenvalue weighted by Crippen LogP contribution is -2.12. The van der Waals surface area contributed by atoms with E-state index in [0.717, 1.165) is 21.3 Å². The van der Waals surface area contributed by atoms with E-state index in [1.165, 1.54) is 11.3 Å². The average Bonchev–Trinajstić information content (AvgIpc) is 3.28. The number of fused-ring (bicyclic) bond motifs is 1. The van der Waals surface area contributed by atoms with Crippen LogP contribution >= 0.6 is 11.3 Å². The molecule has 0 aliphatic rings. The Bertz CT molecular complexity index is 1060. The fraction of sp³-hybridized carbons (Fsp3) is 0.167. The van der Waals surface area contributed by atoms with Crippen LogP contribution in [0.2, 0.25) is 0 Å². The Labute approximate surface area is 153 Å². The molecule has 1 amide bonds. The number of aromatic nitrogens is 4. The lowest BCUT2D eigenvalue weighted by molar-refractivity contribution is -0.116. The first kappa shape index (κ1) is 16.3. The SMILES string of the molecule is Cc1cccc2sc(NC(=O)CCc3nc(-c4ccncc4)no3)nc12. The van der Waals surface area contributed by atoms with E-state index >= 15 is 0 Å². The Balaban J connectivity index is 1.38. The molecule has 130 valence electrons. The number of hydrogen-bond acceptors (Lipinski definition) is 7. The molecule has 0 aliphatic carbocycles. The number of nitrogens with one attached hydrogen (secondary N) is 1. The third-order valence-electron chi connectivity index (χ3n) is 3.84. The summed E-state index contributed by atoms with van der Waals surface area (Å²) in [6.45, 7) is 2.00. The van der Waals surface area contributed by atoms with Crippen LogP contribution in [0.4, 0.5) is 5.13 Å². The van der Waals surface area contributed by atoms with Gasteiger partial charge in [-0.1, -0.05) is 28.6 Å². The molecule has 4 rings (SSSR count). The fourth-order valence-electron chi connectivity index (χ4n) is 2.52. The van der Waals surface area contributed by atoms with Crippen LogP contribution < -0.4 is 5.32 Å². The highest BCUT2D eigenvalue weighted by Gasteiger charge is 2.12. The van der Waals surface area contributed by atoms with Gasteiger partial charge in [0, 0.05) is 30.8 Å². The lowest BCUT2D eigenvalue weighted by atomic mass is 10.2. The second kappa shape index (κ2) is 7.01. The number of carbonyl (C=O) groups is 1. The topological polar surface area (TPSA) is 93.8 Å². The van der Waals surface area contributed by atoms with Crippen LogP contribution in [-0.2, 0) is 11.2 Å². The molecule has 0 bridgehead atoms. The molecule has 8 heteroatoms. The molecule has 0 saturated carbocycles. The highest BCUT2D eigenvalue weighted by Crippen LogP contribution is 2.28. The van der Waals surface area contributed by atoms with E-state index in [1.807, 2.05) is 25.1 Å². The van der Waals surface area contributed by atoms with Crippen molar-refractivity contribution in [3.63, 3.8) is 0 Å². The Hall–Kier alpha value is -3.13. The highest BCUT2D eigenvalue weighted by molar-refractivity contribution is 7.22. The Morgan fingerprint density at radius 1 is 1.19 bits per heavy atom. The molecule has 0 aliphatic heterocycles. The lowest BCUT2D eigenvalue weighted by Gasteiger charge is -1.98. The van der Waals surface area contributed by atoms with E-state index in [9.17, 15) is 4.79 Å². The number of pyridine rings is 1. The van der Waals surface area contributed by atoms with Gasteiger partial charge in [-0.3, -0.25) is 9.78 Å². The minimum Gasteiger partial charge on any atom is -0.339 e. The zero-order valence-corrected chi connectivity index (χ0v) is 14.8. The number of anilines is 1. The average molecular weight is 365 g/mol. The molecule has 0 spiro atoms. The zero-order valence-electron chi connectivity index (χ0n) is 14.0. The summed E-state index contributed by atoms with van der Waals surface area (Å²) in [6.07, 6.45) is 3.94. The van der Waals surface area contributed by atoms with Crippen LogP contribution in [0, 0.1) is 6.92 Å². The van der Waals surface area contributed by atoms with Crippen molar-refractivity contribution in [2.75, 3.05) is 5.32 Å². The van der Waals surface area contributed by atoms with Gasteiger partial charge in [-0.25, -0.2) is 4.98 Å². The first-order valence-electron chi connectivity index (χ1n) is 8.08. The van der Waals surface area contributed by atoms with Gasteiger partial charge in [-0.2, -0.15) is 4.98 Å². The third-order valence-corrected chi connectivity index (χ3v) is 4.78. The van der Waals surface area contributed by atoms with Gasteiger partial charge in [0.1, 0.15) is 0 Å². The van der Waals surface area contributed by atoms with Crippen molar-refractivity contribution in [1.29, 1.82) is 0 Å². The molecule has 0 unspecified atom stereocenters. The summed E-state index contributed by atoms with van der Waals surface area (Å²) in [5.74, 6) is 0.780. The number of benzene rings is 1. The van der Waals surface area contributed by atoms with Crippen molar-refractivity contribution < 1.29 is 9.32 Å². The predicted octanol–water partition coefficient (Wildman–Crippen LogP) is 3.62. The summed E-state index contributed by atoms with van der Waals surface area (Å²) in [7, 11) is 0. The molecule has 26 heavy (non-hydrogen) atoms. The van der Waals surface area contributed by atoms with Gasteiger partial charge in [-0.15, -0.1) is 0 Å². The minimum absolute atomic E-state index is 0.134. The monoisotopic (exact) mass is 365 g/mol. The van der Waals surface area contributed by atoms with E-state index in [-0.39, 0.29) is 12.3 Å². The number of carbonyl (C=O) groups excluding carboxylic acids is 1. The Kier molecular flexibility index (Phi) is 4.40. The van der Waals surface area contributed by atoms with Crippen molar-refractivity contribution in [2.24, 2.45) is 0 Å². The van der Waals surface area contributed by atoms with Gasteiger partial charge in [0.2, 0.25) is 17.6 Å². The second-order valence-electron chi connectivity index (χ2n) is 5.74. The van der Waals surface area contributed by atoms with E-state index in [1.54, 1.807) is 24.5 Å². The summed E-state index contributed by atoms with van der Waals surface area (Å²) in [4.78, 5) is 24.9. The second-order valence-corrected chi connectivity index (χ2v) is 6.77. The van der Waals surface area contributed by atoms with Crippen LogP contribution in [-0.4, -0.2) is 26.0 Å². The van der Waals surface area contributed by atoms with Crippen LogP contribution in [0.3, 0.4) is 0 Å². The molecule has 7 nitrogen and oxygen atoms in total. The minimum atomic E-state index is -0.134. The normalized spacial score (nSPS) is 11.0. The van der Waals surface area contributed by atoms with Gasteiger partial charge >= 0.3 is 0 Å². The van der Waals surface area contributed by atoms with Gasteiger partial charge in [0.15, 0.2) is 5.13 Å². The van der Waals surface area contributed by atoms with E-state index in [0.29, 0.717) is 23.3 Å². The van der Waals surface area contributed by atoms with Crippen LogP contribution in [0.25, 0.3) is 21.6 Å². The number of rotatable bonds is 5. The van der Waals surface area contributed by atoms with Gasteiger partial charge < -0.3 is 9.84 Å². The van der Waals surface area contributed by atoms with E-state index in [2.05, 4.69) is 25.4 Å². The summed E-state index contributed by atoms with van der Waals surface area (Å²) in [5, 5.41) is 7.37. The predicted molar refractivity (Wildman–Crippen MR) is 98.8 cm³/mol. The van der Waals surface area contributed by atoms with Gasteiger partial charge in [-0.05, 0) is 30.7 Å². The number of amides is 1. The van der Waals surface area contributed by atoms with Crippen LogP contribution in [0.5, 0.6) is 0 Å². The van der Waals surface area contributed by atoms with Gasteiger partial charge in [0.25, 0.3) is 0 Å². The summed E-state index contributed by atoms with van der Waals surface area (Å²) in [6, 6.07) is 9.59. The molecule has 1 N–H and O–H groups in total. The van der Waals surface area contributed by atoms with Crippen molar-refractivity contribution in [3.8, 4) is 11.4 Å². The number of thiazole rings is 1. The van der Waals surface area contributed by atoms with Crippen LogP contribution in [0.1, 0.15) is 17.9 Å². The maximum absolute atomic E-state index is 12.2. The number of aryl methyl sites for hydroxylation is 2. The number of hydrogen-bond donors (Lipinski definition) is 1.